The van der Waals surface area contributed by atoms with Crippen molar-refractivity contribution in [1.29, 1.82) is 0 Å². The first-order chi connectivity index (χ1) is 11.6. The van der Waals surface area contributed by atoms with E-state index < -0.39 is 0 Å². The van der Waals surface area contributed by atoms with Crippen LogP contribution in [0.5, 0.6) is 0 Å². The van der Waals surface area contributed by atoms with Crippen LogP contribution in [0.25, 0.3) is 0 Å². The lowest BCUT2D eigenvalue weighted by Crippen LogP contribution is -2.61. The van der Waals surface area contributed by atoms with Crippen LogP contribution in [0.15, 0.2) is 29.4 Å². The molecule has 1 amide bonds. The van der Waals surface area contributed by atoms with Gasteiger partial charge in [-0.05, 0) is 18.6 Å². The summed E-state index contributed by atoms with van der Waals surface area (Å²) in [6.07, 6.45) is 1.05. The van der Waals surface area contributed by atoms with Crippen LogP contribution in [0.1, 0.15) is 23.7 Å². The van der Waals surface area contributed by atoms with Crippen LogP contribution in [0, 0.1) is 11.3 Å². The zero-order valence-electron chi connectivity index (χ0n) is 14.2. The molecule has 5 rings (SSSR count). The minimum absolute atomic E-state index is 0.0766. The number of hydrogen-bond donors (Lipinski definition) is 2. The van der Waals surface area contributed by atoms with Crippen LogP contribution in [0.2, 0.25) is 0 Å². The average Bonchev–Trinajstić information content (AvgIpc) is 2.82. The zero-order valence-corrected chi connectivity index (χ0v) is 14.2. The van der Waals surface area contributed by atoms with Crippen LogP contribution < -0.4 is 11.2 Å². The molecule has 0 radical (unpaired) electrons. The number of carbonyl (C=O) groups excluding carboxylic acids is 1. The highest BCUT2D eigenvalue weighted by Crippen LogP contribution is 2.40. The predicted octanol–water partition coefficient (Wildman–Crippen LogP) is 1.01. The largest absolute Gasteiger partial charge is 0.398 e. The molecule has 0 spiro atoms. The molecule has 4 fully saturated rings. The molecule has 0 saturated carbocycles. The highest BCUT2D eigenvalue weighted by Gasteiger charge is 2.51. The Morgan fingerprint density at radius 2 is 1.96 bits per heavy atom. The van der Waals surface area contributed by atoms with Crippen LogP contribution in [-0.4, -0.2) is 60.7 Å². The fraction of sp³-hybridized carbons (Fsp3) is 0.556. The van der Waals surface area contributed by atoms with Crippen LogP contribution >= 0.6 is 0 Å². The number of para-hydroxylation sites is 1. The minimum Gasteiger partial charge on any atom is -0.398 e. The third kappa shape index (κ3) is 2.50. The quantitative estimate of drug-likeness (QED) is 0.642. The Labute approximate surface area is 142 Å². The van der Waals surface area contributed by atoms with Crippen molar-refractivity contribution in [2.24, 2.45) is 16.4 Å². The number of hydrazone groups is 1. The van der Waals surface area contributed by atoms with Gasteiger partial charge in [0.05, 0.1) is 11.3 Å². The summed E-state index contributed by atoms with van der Waals surface area (Å²) >= 11 is 0. The molecule has 6 nitrogen and oxygen atoms in total. The number of hydrogen-bond acceptors (Lipinski definition) is 5. The molecule has 24 heavy (non-hydrogen) atoms. The summed E-state index contributed by atoms with van der Waals surface area (Å²) in [7, 11) is 0. The van der Waals surface area contributed by atoms with Crippen molar-refractivity contribution in [2.75, 3.05) is 45.0 Å². The number of nitrogen functional groups attached to an aromatic ring is 1. The van der Waals surface area contributed by atoms with Gasteiger partial charge in [-0.15, -0.1) is 0 Å². The first kappa shape index (κ1) is 15.6. The number of anilines is 1. The standard InChI is InChI=1S/C18H25N5O/c1-2-18-11-22-7-8-23(12-18)10-13(9-22)16(18)20-21-17(24)14-5-3-4-6-15(14)19/h3-6,13H,2,7-12,19H2,1H3,(H,21,24)/b20-16-. The molecule has 1 aromatic rings. The van der Waals surface area contributed by atoms with E-state index >= 15 is 0 Å². The van der Waals surface area contributed by atoms with Crippen molar-refractivity contribution in [1.82, 2.24) is 15.2 Å². The van der Waals surface area contributed by atoms with Gasteiger partial charge in [0, 0.05) is 56.3 Å². The molecule has 128 valence electrons. The normalized spacial score (nSPS) is 35.9. The number of nitrogens with one attached hydrogen (secondary N) is 1. The fourth-order valence-electron chi connectivity index (χ4n) is 4.60. The molecule has 1 aromatic carbocycles. The van der Waals surface area contributed by atoms with Gasteiger partial charge in [-0.25, -0.2) is 5.43 Å². The van der Waals surface area contributed by atoms with Gasteiger partial charge < -0.3 is 15.5 Å². The lowest BCUT2D eigenvalue weighted by atomic mass is 9.69. The third-order valence-corrected chi connectivity index (χ3v) is 5.83. The first-order valence-corrected chi connectivity index (χ1v) is 8.79. The second-order valence-corrected chi connectivity index (χ2v) is 7.33. The summed E-state index contributed by atoms with van der Waals surface area (Å²) in [5.41, 5.74) is 10.9. The van der Waals surface area contributed by atoms with E-state index in [2.05, 4.69) is 27.3 Å². The maximum Gasteiger partial charge on any atom is 0.273 e. The number of amides is 1. The Morgan fingerprint density at radius 1 is 1.29 bits per heavy atom. The molecule has 4 aliphatic heterocycles. The fourth-order valence-corrected chi connectivity index (χ4v) is 4.60. The summed E-state index contributed by atoms with van der Waals surface area (Å²) in [4.78, 5) is 17.6. The van der Waals surface area contributed by atoms with Gasteiger partial charge in [-0.2, -0.15) is 5.10 Å². The van der Waals surface area contributed by atoms with E-state index in [9.17, 15) is 4.79 Å². The van der Waals surface area contributed by atoms with Crippen molar-refractivity contribution in [2.45, 2.75) is 13.3 Å². The van der Waals surface area contributed by atoms with E-state index in [0.717, 1.165) is 45.7 Å². The van der Waals surface area contributed by atoms with Crippen LogP contribution in [-0.2, 0) is 0 Å². The average molecular weight is 327 g/mol. The Morgan fingerprint density at radius 3 is 2.58 bits per heavy atom. The maximum atomic E-state index is 12.4. The van der Waals surface area contributed by atoms with Crippen LogP contribution in [0.4, 0.5) is 5.69 Å². The summed E-state index contributed by atoms with van der Waals surface area (Å²) < 4.78 is 0. The minimum atomic E-state index is -0.223. The van der Waals surface area contributed by atoms with Gasteiger partial charge in [0.25, 0.3) is 5.91 Å². The third-order valence-electron chi connectivity index (χ3n) is 5.83. The number of rotatable bonds is 3. The van der Waals surface area contributed by atoms with Crippen molar-refractivity contribution >= 4 is 17.3 Å². The Balaban J connectivity index is 1.60. The number of piperidine rings is 2. The Bertz CT molecular complexity index is 670. The molecule has 2 atom stereocenters. The van der Waals surface area contributed by atoms with Gasteiger partial charge in [-0.1, -0.05) is 19.1 Å². The molecule has 2 unspecified atom stereocenters. The van der Waals surface area contributed by atoms with E-state index in [-0.39, 0.29) is 11.3 Å². The molecule has 4 saturated heterocycles. The molecular formula is C18H25N5O. The van der Waals surface area contributed by atoms with E-state index in [4.69, 9.17) is 5.73 Å². The second-order valence-electron chi connectivity index (χ2n) is 7.33. The number of carbonyl (C=O) groups is 1. The molecular weight excluding hydrogens is 302 g/mol. The van der Waals surface area contributed by atoms with Gasteiger partial charge in [0.15, 0.2) is 0 Å². The zero-order chi connectivity index (χ0) is 16.7. The monoisotopic (exact) mass is 327 g/mol. The van der Waals surface area contributed by atoms with E-state index in [1.807, 2.05) is 12.1 Å². The summed E-state index contributed by atoms with van der Waals surface area (Å²) in [6, 6.07) is 7.12. The smallest absolute Gasteiger partial charge is 0.273 e. The van der Waals surface area contributed by atoms with E-state index in [0.29, 0.717) is 17.2 Å². The second kappa shape index (κ2) is 5.86. The molecule has 0 aliphatic carbocycles. The first-order valence-electron chi connectivity index (χ1n) is 8.79. The lowest BCUT2D eigenvalue weighted by molar-refractivity contribution is 0.0944. The van der Waals surface area contributed by atoms with Gasteiger partial charge in [-0.3, -0.25) is 4.79 Å². The number of benzene rings is 1. The van der Waals surface area contributed by atoms with Crippen molar-refractivity contribution in [3.63, 3.8) is 0 Å². The highest BCUT2D eigenvalue weighted by molar-refractivity contribution is 6.01. The molecule has 4 aliphatic rings. The van der Waals surface area contributed by atoms with Crippen molar-refractivity contribution in [3.8, 4) is 0 Å². The summed E-state index contributed by atoms with van der Waals surface area (Å²) in [5.74, 6) is 0.197. The Hall–Kier alpha value is -1.92. The molecule has 3 N–H and O–H groups in total. The highest BCUT2D eigenvalue weighted by atomic mass is 16.2. The molecule has 6 heteroatoms. The molecule has 4 bridgehead atoms. The van der Waals surface area contributed by atoms with Crippen molar-refractivity contribution in [3.05, 3.63) is 29.8 Å². The SMILES string of the molecule is CCC12CN3CCN(CC(C3)/C1=N/NC(=O)c1ccccc1N)C2. The maximum absolute atomic E-state index is 12.4. The van der Waals surface area contributed by atoms with Gasteiger partial charge in [0.2, 0.25) is 0 Å². The number of fused-ring (bicyclic) bond motifs is 1. The lowest BCUT2D eigenvalue weighted by Gasteiger charge is -2.50. The van der Waals surface area contributed by atoms with Crippen LogP contribution in [0.3, 0.4) is 0 Å². The number of nitrogens with zero attached hydrogens (tertiary/aromatic N) is 3. The predicted molar refractivity (Wildman–Crippen MR) is 94.8 cm³/mol. The van der Waals surface area contributed by atoms with Crippen molar-refractivity contribution < 1.29 is 4.79 Å². The van der Waals surface area contributed by atoms with E-state index in [1.165, 1.54) is 5.71 Å². The summed E-state index contributed by atoms with van der Waals surface area (Å²) in [6.45, 7) is 8.76. The topological polar surface area (TPSA) is 74.0 Å². The molecule has 0 aromatic heterocycles. The van der Waals surface area contributed by atoms with Gasteiger partial charge in [0.1, 0.15) is 0 Å². The van der Waals surface area contributed by atoms with E-state index in [1.54, 1.807) is 12.1 Å². The molecule has 4 heterocycles. The Kier molecular flexibility index (Phi) is 3.81. The van der Waals surface area contributed by atoms with Gasteiger partial charge >= 0.3 is 0 Å². The number of nitrogens with two attached hydrogens (primary N) is 1. The summed E-state index contributed by atoms with van der Waals surface area (Å²) in [5, 5.41) is 4.63.